The van der Waals surface area contributed by atoms with Gasteiger partial charge in [0.05, 0.1) is 7.11 Å². The van der Waals surface area contributed by atoms with Gasteiger partial charge in [-0.25, -0.2) is 0 Å². The molecule has 5 nitrogen and oxygen atoms in total. The molecule has 0 amide bonds. The highest BCUT2D eigenvalue weighted by Gasteiger charge is 2.61. The molecule has 0 spiro atoms. The summed E-state index contributed by atoms with van der Waals surface area (Å²) in [6.45, 7) is 0. The number of carbonyl (C=O) groups is 1. The number of hydrogen-bond donors (Lipinski definition) is 1. The average molecular weight is 506 g/mol. The van der Waals surface area contributed by atoms with Crippen LogP contribution in [0.1, 0.15) is 11.2 Å². The Kier molecular flexibility index (Phi) is 7.46. The smallest absolute Gasteiger partial charge is 0.331 e. The Morgan fingerprint density at radius 2 is 1.03 bits per heavy atom. The van der Waals surface area contributed by atoms with Crippen LogP contribution in [0.2, 0.25) is 0 Å². The van der Waals surface area contributed by atoms with Crippen LogP contribution in [0.5, 0.6) is 0 Å². The number of esters is 1. The molecule has 0 radical (unpaired) electrons. The zero-order valence-electron chi connectivity index (χ0n) is 19.1. The molecule has 0 fully saturated rings. The maximum absolute atomic E-state index is 13.2. The van der Waals surface area contributed by atoms with Crippen molar-refractivity contribution >= 4 is 39.3 Å². The highest BCUT2D eigenvalue weighted by atomic mass is 32.2. The van der Waals surface area contributed by atoms with Crippen molar-refractivity contribution in [2.45, 2.75) is 10.9 Å². The fraction of sp³-hybridized carbons (Fsp3) is 0.107. The van der Waals surface area contributed by atoms with E-state index in [0.717, 1.165) is 23.0 Å². The lowest BCUT2D eigenvalue weighted by Gasteiger charge is -2.37. The van der Waals surface area contributed by atoms with E-state index in [2.05, 4.69) is 0 Å². The van der Waals surface area contributed by atoms with E-state index < -0.39 is 34.3 Å². The predicted octanol–water partition coefficient (Wildman–Crippen LogP) is 4.15. The van der Waals surface area contributed by atoms with Gasteiger partial charge in [0.2, 0.25) is 5.25 Å². The van der Waals surface area contributed by atoms with E-state index >= 15 is 0 Å². The lowest BCUT2D eigenvalue weighted by Crippen LogP contribution is -2.45. The zero-order valence-corrected chi connectivity index (χ0v) is 20.8. The molecule has 0 heterocycles. The fourth-order valence-electron chi connectivity index (χ4n) is 4.70. The van der Waals surface area contributed by atoms with Gasteiger partial charge in [-0.15, -0.1) is 0 Å². The molecule has 2 atom stereocenters. The summed E-state index contributed by atoms with van der Waals surface area (Å²) in [5.41, 5.74) is -0.344. The van der Waals surface area contributed by atoms with Crippen molar-refractivity contribution in [2.75, 3.05) is 7.11 Å². The molecule has 0 aromatic heterocycles. The Bertz CT molecular complexity index is 1270. The lowest BCUT2D eigenvalue weighted by atomic mass is 10.1. The van der Waals surface area contributed by atoms with E-state index in [9.17, 15) is 17.8 Å². The monoisotopic (exact) mass is 505 g/mol. The van der Waals surface area contributed by atoms with Crippen LogP contribution in [0.4, 0.5) is 0 Å². The van der Waals surface area contributed by atoms with Crippen molar-refractivity contribution in [3.63, 3.8) is 0 Å². The van der Waals surface area contributed by atoms with Gasteiger partial charge in [0.1, 0.15) is 28.8 Å². The maximum atomic E-state index is 13.2. The van der Waals surface area contributed by atoms with Crippen molar-refractivity contribution < 1.29 is 22.5 Å². The molecule has 35 heavy (non-hydrogen) atoms. The van der Waals surface area contributed by atoms with Gasteiger partial charge in [-0.05, 0) is 42.0 Å². The van der Waals surface area contributed by atoms with E-state index in [4.69, 9.17) is 4.74 Å². The van der Waals surface area contributed by atoms with Gasteiger partial charge >= 0.3 is 5.97 Å². The van der Waals surface area contributed by atoms with E-state index in [1.54, 1.807) is 24.3 Å². The van der Waals surface area contributed by atoms with Crippen LogP contribution in [0.25, 0.3) is 0 Å². The Morgan fingerprint density at radius 3 is 1.34 bits per heavy atom. The molecule has 1 N–H and O–H groups in total. The van der Waals surface area contributed by atoms with Crippen molar-refractivity contribution in [2.24, 2.45) is 0 Å². The summed E-state index contributed by atoms with van der Waals surface area (Å²) in [4.78, 5) is 13.2. The van der Waals surface area contributed by atoms with Crippen LogP contribution in [0.3, 0.4) is 0 Å². The van der Waals surface area contributed by atoms with Crippen molar-refractivity contribution in [1.29, 1.82) is 0 Å². The summed E-state index contributed by atoms with van der Waals surface area (Å²) in [6, 6.07) is 37.9. The standard InChI is InChI=1S/C28H25O5PS/c1-33-28(29)27(35(30,31)32)26(22-14-6-2-7-15-22)34(23-16-8-3-9-17-23,24-18-10-4-11-19-24)25-20-12-5-13-21-25/h2-21,26-27H,1H3/p+1. The number of benzene rings is 4. The first kappa shape index (κ1) is 24.8. The maximum Gasteiger partial charge on any atom is 0.331 e. The second-order valence-corrected chi connectivity index (χ2v) is 13.1. The minimum Gasteiger partial charge on any atom is -0.468 e. The van der Waals surface area contributed by atoms with Crippen LogP contribution in [0.15, 0.2) is 121 Å². The van der Waals surface area contributed by atoms with E-state index in [1.807, 2.05) is 97.1 Å². The molecule has 0 aliphatic carbocycles. The topological polar surface area (TPSA) is 80.7 Å². The molecule has 0 aliphatic rings. The van der Waals surface area contributed by atoms with Gasteiger partial charge in [0, 0.05) is 0 Å². The molecule has 0 saturated heterocycles. The van der Waals surface area contributed by atoms with Crippen LogP contribution in [-0.4, -0.2) is 31.3 Å². The quantitative estimate of drug-likeness (QED) is 0.221. The van der Waals surface area contributed by atoms with Gasteiger partial charge in [-0.2, -0.15) is 8.42 Å². The normalized spacial score (nSPS) is 13.5. The summed E-state index contributed by atoms with van der Waals surface area (Å²) < 4.78 is 41.4. The number of ether oxygens (including phenoxy) is 1. The molecule has 0 bridgehead atoms. The Morgan fingerprint density at radius 1 is 0.686 bits per heavy atom. The fourth-order valence-corrected chi connectivity index (χ4v) is 11.5. The van der Waals surface area contributed by atoms with E-state index in [-0.39, 0.29) is 0 Å². The molecule has 0 saturated carbocycles. The number of rotatable bonds is 8. The summed E-state index contributed by atoms with van der Waals surface area (Å²) in [7, 11) is -6.69. The molecule has 2 unspecified atom stereocenters. The highest BCUT2D eigenvalue weighted by Crippen LogP contribution is 2.68. The molecule has 4 rings (SSSR count). The highest BCUT2D eigenvalue weighted by molar-refractivity contribution is 7.97. The molecule has 4 aromatic rings. The van der Waals surface area contributed by atoms with Crippen molar-refractivity contribution in [3.05, 3.63) is 127 Å². The second-order valence-electron chi connectivity index (χ2n) is 8.04. The molecular weight excluding hydrogens is 479 g/mol. The summed E-state index contributed by atoms with van der Waals surface area (Å²) in [5, 5.41) is 0.792. The van der Waals surface area contributed by atoms with E-state index in [1.165, 1.54) is 0 Å². The Labute approximate surface area is 206 Å². The van der Waals surface area contributed by atoms with Crippen LogP contribution >= 0.6 is 7.26 Å². The zero-order chi connectivity index (χ0) is 24.9. The Balaban J connectivity index is 2.24. The number of hydrogen-bond acceptors (Lipinski definition) is 4. The first-order valence-electron chi connectivity index (χ1n) is 11.1. The second kappa shape index (κ2) is 10.5. The molecule has 178 valence electrons. The van der Waals surface area contributed by atoms with Crippen LogP contribution in [0, 0.1) is 0 Å². The third-order valence-corrected chi connectivity index (χ3v) is 12.2. The molecule has 4 aromatic carbocycles. The first-order chi connectivity index (χ1) is 16.9. The largest absolute Gasteiger partial charge is 0.468 e. The van der Waals surface area contributed by atoms with Crippen molar-refractivity contribution in [3.8, 4) is 0 Å². The number of methoxy groups -OCH3 is 1. The van der Waals surface area contributed by atoms with Crippen molar-refractivity contribution in [1.82, 2.24) is 0 Å². The first-order valence-corrected chi connectivity index (χ1v) is 14.4. The SMILES string of the molecule is COC(=O)C(C(c1ccccc1)[P+](c1ccccc1)(c1ccccc1)c1ccccc1)S(=O)(=O)O. The predicted molar refractivity (Wildman–Crippen MR) is 142 cm³/mol. The average Bonchev–Trinajstić information content (AvgIpc) is 2.90. The minimum absolute atomic E-state index is 0.616. The minimum atomic E-state index is -4.88. The van der Waals surface area contributed by atoms with Gasteiger partial charge in [-0.1, -0.05) is 84.9 Å². The van der Waals surface area contributed by atoms with E-state index in [0.29, 0.717) is 5.56 Å². The van der Waals surface area contributed by atoms with Gasteiger partial charge in [0.15, 0.2) is 0 Å². The third kappa shape index (κ3) is 4.78. The van der Waals surface area contributed by atoms with Gasteiger partial charge in [0.25, 0.3) is 10.1 Å². The third-order valence-electron chi connectivity index (χ3n) is 6.09. The van der Waals surface area contributed by atoms with Gasteiger partial charge in [-0.3, -0.25) is 9.35 Å². The number of carbonyl (C=O) groups excluding carboxylic acids is 1. The van der Waals surface area contributed by atoms with Crippen LogP contribution in [-0.2, 0) is 19.6 Å². The lowest BCUT2D eigenvalue weighted by molar-refractivity contribution is -0.140. The summed E-state index contributed by atoms with van der Waals surface area (Å²) in [5.74, 6) is -1.01. The molecule has 0 aliphatic heterocycles. The van der Waals surface area contributed by atoms with Gasteiger partial charge < -0.3 is 4.74 Å². The molecule has 7 heteroatoms. The summed E-state index contributed by atoms with van der Waals surface area (Å²) >= 11 is 0. The summed E-state index contributed by atoms with van der Waals surface area (Å²) in [6.07, 6.45) is 0. The Hall–Kier alpha value is -3.31. The molecular formula is C28H26O5PS+. The van der Waals surface area contributed by atoms with Crippen LogP contribution < -0.4 is 15.9 Å².